The first-order valence-corrected chi connectivity index (χ1v) is 10.8. The predicted molar refractivity (Wildman–Crippen MR) is 124 cm³/mol. The number of carbonyl (C=O) groups excluding carboxylic acids is 1. The van der Waals surface area contributed by atoms with E-state index in [0.717, 1.165) is 47.6 Å². The van der Waals surface area contributed by atoms with Crippen molar-refractivity contribution in [2.75, 3.05) is 5.32 Å². The first-order chi connectivity index (χ1) is 14.6. The second kappa shape index (κ2) is 10.6. The molecule has 0 fully saturated rings. The number of benzene rings is 3. The van der Waals surface area contributed by atoms with Crippen molar-refractivity contribution in [1.29, 1.82) is 0 Å². The minimum Gasteiger partial charge on any atom is -0.457 e. The number of para-hydroxylation sites is 1. The highest BCUT2D eigenvalue weighted by Gasteiger charge is 2.22. The van der Waals surface area contributed by atoms with Crippen molar-refractivity contribution in [3.05, 3.63) is 90.0 Å². The number of ether oxygens (including phenoxy) is 1. The van der Waals surface area contributed by atoms with Crippen molar-refractivity contribution in [2.24, 2.45) is 5.92 Å². The minimum atomic E-state index is -0.181. The van der Waals surface area contributed by atoms with Crippen molar-refractivity contribution in [1.82, 2.24) is 0 Å². The van der Waals surface area contributed by atoms with Gasteiger partial charge in [-0.1, -0.05) is 81.8 Å². The molecule has 3 rings (SSSR count). The van der Waals surface area contributed by atoms with Crippen LogP contribution in [-0.4, -0.2) is 5.91 Å². The molecule has 0 heterocycles. The van der Waals surface area contributed by atoms with Crippen molar-refractivity contribution < 1.29 is 9.53 Å². The van der Waals surface area contributed by atoms with Crippen LogP contribution in [0.5, 0.6) is 11.5 Å². The second-order valence-electron chi connectivity index (χ2n) is 8.07. The van der Waals surface area contributed by atoms with E-state index in [0.29, 0.717) is 5.92 Å². The van der Waals surface area contributed by atoms with Gasteiger partial charge in [-0.3, -0.25) is 4.79 Å². The van der Waals surface area contributed by atoms with Crippen LogP contribution in [0.15, 0.2) is 78.9 Å². The van der Waals surface area contributed by atoms with Gasteiger partial charge in [0.25, 0.3) is 0 Å². The van der Waals surface area contributed by atoms with Crippen molar-refractivity contribution >= 4 is 11.6 Å². The fourth-order valence-electron chi connectivity index (χ4n) is 3.62. The van der Waals surface area contributed by atoms with Gasteiger partial charge in [0, 0.05) is 11.8 Å². The summed E-state index contributed by atoms with van der Waals surface area (Å²) in [5.41, 5.74) is 3.01. The van der Waals surface area contributed by atoms with Crippen molar-refractivity contribution in [3.63, 3.8) is 0 Å². The molecule has 1 N–H and O–H groups in total. The Morgan fingerprint density at radius 2 is 1.57 bits per heavy atom. The van der Waals surface area contributed by atoms with Crippen LogP contribution in [0.1, 0.15) is 50.7 Å². The number of nitrogens with one attached hydrogen (secondary N) is 1. The largest absolute Gasteiger partial charge is 0.457 e. The summed E-state index contributed by atoms with van der Waals surface area (Å²) >= 11 is 0. The van der Waals surface area contributed by atoms with Crippen LogP contribution in [0, 0.1) is 5.92 Å². The van der Waals surface area contributed by atoms with Gasteiger partial charge in [-0.2, -0.15) is 0 Å². The summed E-state index contributed by atoms with van der Waals surface area (Å²) in [4.78, 5) is 13.3. The van der Waals surface area contributed by atoms with E-state index in [1.165, 1.54) is 0 Å². The molecule has 1 amide bonds. The lowest BCUT2D eigenvalue weighted by atomic mass is 9.89. The fourth-order valence-corrected chi connectivity index (χ4v) is 3.62. The van der Waals surface area contributed by atoms with E-state index in [1.54, 1.807) is 0 Å². The topological polar surface area (TPSA) is 38.3 Å². The number of hydrogen-bond donors (Lipinski definition) is 1. The predicted octanol–water partition coefficient (Wildman–Crippen LogP) is 7.20. The summed E-state index contributed by atoms with van der Waals surface area (Å²) < 4.78 is 5.99. The van der Waals surface area contributed by atoms with Crippen LogP contribution in [-0.2, 0) is 11.2 Å². The summed E-state index contributed by atoms with van der Waals surface area (Å²) in [5.74, 6) is 1.77. The standard InChI is InChI=1S/C27H31NO2/c1-4-11-22-16-17-24(30-23-14-9-6-10-15-23)19-26(22)28-27(29)25(18-20(2)3)21-12-7-5-8-13-21/h5-10,12-17,19-20,25H,4,11,18H2,1-3H3,(H,28,29). The number of rotatable bonds is 9. The third kappa shape index (κ3) is 5.96. The maximum absolute atomic E-state index is 13.3. The lowest BCUT2D eigenvalue weighted by Crippen LogP contribution is -2.23. The van der Waals surface area contributed by atoms with Crippen LogP contribution < -0.4 is 10.1 Å². The number of hydrogen-bond acceptors (Lipinski definition) is 2. The molecule has 0 saturated heterocycles. The van der Waals surface area contributed by atoms with Crippen LogP contribution in [0.4, 0.5) is 5.69 Å². The molecule has 0 saturated carbocycles. The quantitative estimate of drug-likeness (QED) is 0.412. The van der Waals surface area contributed by atoms with Gasteiger partial charge in [-0.25, -0.2) is 0 Å². The number of amides is 1. The van der Waals surface area contributed by atoms with E-state index in [9.17, 15) is 4.79 Å². The molecule has 3 heteroatoms. The Balaban J connectivity index is 1.86. The van der Waals surface area contributed by atoms with E-state index in [4.69, 9.17) is 4.74 Å². The van der Waals surface area contributed by atoms with Gasteiger partial charge in [0.2, 0.25) is 5.91 Å². The molecule has 3 nitrogen and oxygen atoms in total. The van der Waals surface area contributed by atoms with E-state index in [-0.39, 0.29) is 11.8 Å². The summed E-state index contributed by atoms with van der Waals surface area (Å²) in [5, 5.41) is 3.21. The van der Waals surface area contributed by atoms with Gasteiger partial charge in [0.1, 0.15) is 11.5 Å². The molecule has 0 radical (unpaired) electrons. The Bertz CT molecular complexity index is 936. The van der Waals surface area contributed by atoms with E-state index < -0.39 is 0 Å². The molecule has 0 aliphatic rings. The van der Waals surface area contributed by atoms with Crippen molar-refractivity contribution in [3.8, 4) is 11.5 Å². The van der Waals surface area contributed by atoms with E-state index >= 15 is 0 Å². The molecule has 1 unspecified atom stereocenters. The average Bonchev–Trinajstić information content (AvgIpc) is 2.75. The number of carbonyl (C=O) groups is 1. The lowest BCUT2D eigenvalue weighted by Gasteiger charge is -2.21. The van der Waals surface area contributed by atoms with Gasteiger partial charge in [0.15, 0.2) is 0 Å². The molecule has 3 aromatic rings. The van der Waals surface area contributed by atoms with E-state index in [1.807, 2.05) is 72.8 Å². The summed E-state index contributed by atoms with van der Waals surface area (Å²) in [6.07, 6.45) is 2.72. The third-order valence-electron chi connectivity index (χ3n) is 5.06. The molecular weight excluding hydrogens is 370 g/mol. The van der Waals surface area contributed by atoms with Crippen LogP contribution in [0.3, 0.4) is 0 Å². The Kier molecular flexibility index (Phi) is 7.67. The molecule has 3 aromatic carbocycles. The fraction of sp³-hybridized carbons (Fsp3) is 0.296. The number of anilines is 1. The van der Waals surface area contributed by atoms with E-state index in [2.05, 4.69) is 32.2 Å². The zero-order chi connectivity index (χ0) is 21.3. The normalized spacial score (nSPS) is 11.9. The average molecular weight is 402 g/mol. The minimum absolute atomic E-state index is 0.0316. The maximum atomic E-state index is 13.3. The highest BCUT2D eigenvalue weighted by molar-refractivity contribution is 5.96. The van der Waals surface area contributed by atoms with Crippen LogP contribution in [0.2, 0.25) is 0 Å². The van der Waals surface area contributed by atoms with Gasteiger partial charge >= 0.3 is 0 Å². The van der Waals surface area contributed by atoms with Gasteiger partial charge in [0.05, 0.1) is 5.92 Å². The molecule has 1 atom stereocenters. The second-order valence-corrected chi connectivity index (χ2v) is 8.07. The molecule has 0 aromatic heterocycles. The SMILES string of the molecule is CCCc1ccc(Oc2ccccc2)cc1NC(=O)C(CC(C)C)c1ccccc1. The zero-order valence-corrected chi connectivity index (χ0v) is 18.1. The highest BCUT2D eigenvalue weighted by atomic mass is 16.5. The van der Waals surface area contributed by atoms with Gasteiger partial charge in [-0.15, -0.1) is 0 Å². The summed E-state index contributed by atoms with van der Waals surface area (Å²) in [7, 11) is 0. The molecule has 0 aliphatic heterocycles. The zero-order valence-electron chi connectivity index (χ0n) is 18.1. The van der Waals surface area contributed by atoms with Gasteiger partial charge in [-0.05, 0) is 48.1 Å². The summed E-state index contributed by atoms with van der Waals surface area (Å²) in [6.45, 7) is 6.45. The van der Waals surface area contributed by atoms with Crippen LogP contribution in [0.25, 0.3) is 0 Å². The first-order valence-electron chi connectivity index (χ1n) is 10.8. The molecule has 156 valence electrons. The molecule has 0 aliphatic carbocycles. The third-order valence-corrected chi connectivity index (χ3v) is 5.06. The number of aryl methyl sites for hydroxylation is 1. The molecule has 0 bridgehead atoms. The molecular formula is C27H31NO2. The van der Waals surface area contributed by atoms with Crippen LogP contribution >= 0.6 is 0 Å². The highest BCUT2D eigenvalue weighted by Crippen LogP contribution is 2.30. The first kappa shape index (κ1) is 21.6. The molecule has 30 heavy (non-hydrogen) atoms. The maximum Gasteiger partial charge on any atom is 0.231 e. The Labute approximate surface area is 180 Å². The smallest absolute Gasteiger partial charge is 0.231 e. The lowest BCUT2D eigenvalue weighted by molar-refractivity contribution is -0.118. The Hall–Kier alpha value is -3.07. The Morgan fingerprint density at radius 1 is 0.900 bits per heavy atom. The van der Waals surface area contributed by atoms with Gasteiger partial charge < -0.3 is 10.1 Å². The molecule has 0 spiro atoms. The van der Waals surface area contributed by atoms with Crippen molar-refractivity contribution in [2.45, 2.75) is 46.0 Å². The Morgan fingerprint density at radius 3 is 2.20 bits per heavy atom. The summed E-state index contributed by atoms with van der Waals surface area (Å²) in [6, 6.07) is 25.7. The monoisotopic (exact) mass is 401 g/mol.